The van der Waals surface area contributed by atoms with Crippen LogP contribution in [0.5, 0.6) is 0 Å². The highest BCUT2D eigenvalue weighted by molar-refractivity contribution is 5.97. The first-order valence-electron chi connectivity index (χ1n) is 11.1. The van der Waals surface area contributed by atoms with Crippen molar-refractivity contribution in [1.29, 1.82) is 0 Å². The summed E-state index contributed by atoms with van der Waals surface area (Å²) >= 11 is 0. The third-order valence-electron chi connectivity index (χ3n) is 5.64. The Balaban J connectivity index is 1.37. The lowest BCUT2D eigenvalue weighted by molar-refractivity contribution is 0.0951. The van der Waals surface area contributed by atoms with Crippen molar-refractivity contribution in [2.45, 2.75) is 19.5 Å². The lowest BCUT2D eigenvalue weighted by Crippen LogP contribution is -2.22. The summed E-state index contributed by atoms with van der Waals surface area (Å²) in [6.45, 7) is 2.55. The molecule has 0 radical (unpaired) electrons. The zero-order chi connectivity index (χ0) is 23.3. The van der Waals surface area contributed by atoms with Gasteiger partial charge in [-0.2, -0.15) is 0 Å². The van der Waals surface area contributed by atoms with Crippen LogP contribution >= 0.6 is 0 Å². The van der Waals surface area contributed by atoms with Gasteiger partial charge < -0.3 is 10.6 Å². The average molecular weight is 449 g/mol. The van der Waals surface area contributed by atoms with Gasteiger partial charge in [0.25, 0.3) is 5.91 Å². The molecule has 1 amide bonds. The summed E-state index contributed by atoms with van der Waals surface area (Å²) in [5.41, 5.74) is 4.33. The summed E-state index contributed by atoms with van der Waals surface area (Å²) in [4.78, 5) is 26.3. The number of rotatable bonds is 7. The lowest BCUT2D eigenvalue weighted by Gasteiger charge is -2.15. The number of nitrogens with one attached hydrogen (secondary N) is 2. The number of amides is 1. The van der Waals surface area contributed by atoms with Gasteiger partial charge in [-0.25, -0.2) is 9.97 Å². The Morgan fingerprint density at radius 1 is 0.971 bits per heavy atom. The summed E-state index contributed by atoms with van der Waals surface area (Å²) in [6.07, 6.45) is 5.08. The van der Waals surface area contributed by atoms with Crippen LogP contribution in [0.2, 0.25) is 0 Å². The number of carbonyl (C=O) groups excluding carboxylic acids is 1. The molecule has 0 aliphatic rings. The maximum Gasteiger partial charge on any atom is 0.251 e. The number of nitrogens with zero attached hydrogens (tertiary/aromatic N) is 4. The minimum absolute atomic E-state index is 0.0743. The Morgan fingerprint density at radius 3 is 2.53 bits per heavy atom. The largest absolute Gasteiger partial charge is 0.362 e. The van der Waals surface area contributed by atoms with Crippen molar-refractivity contribution in [2.75, 3.05) is 5.32 Å². The van der Waals surface area contributed by atoms with E-state index in [1.165, 1.54) is 0 Å². The van der Waals surface area contributed by atoms with E-state index >= 15 is 0 Å². The molecule has 0 saturated heterocycles. The molecule has 0 aliphatic heterocycles. The van der Waals surface area contributed by atoms with Crippen LogP contribution in [-0.4, -0.2) is 25.4 Å². The van der Waals surface area contributed by atoms with Gasteiger partial charge in [0.15, 0.2) is 5.82 Å². The van der Waals surface area contributed by atoms with Crippen molar-refractivity contribution in [3.63, 3.8) is 0 Å². The number of hydrogen-bond acceptors (Lipinski definition) is 5. The van der Waals surface area contributed by atoms with Crippen molar-refractivity contribution in [3.8, 4) is 5.82 Å². The molecule has 2 aromatic heterocycles. The number of anilines is 1. The lowest BCUT2D eigenvalue weighted by atomic mass is 10.1. The Morgan fingerprint density at radius 2 is 1.74 bits per heavy atom. The van der Waals surface area contributed by atoms with Gasteiger partial charge in [-0.05, 0) is 36.2 Å². The predicted octanol–water partition coefficient (Wildman–Crippen LogP) is 4.92. The van der Waals surface area contributed by atoms with Crippen LogP contribution < -0.4 is 10.6 Å². The molecule has 168 valence electrons. The summed E-state index contributed by atoms with van der Waals surface area (Å²) in [7, 11) is 0. The minimum atomic E-state index is -0.142. The Bertz CT molecular complexity index is 1420. The molecule has 2 heterocycles. The molecule has 1 unspecified atom stereocenters. The van der Waals surface area contributed by atoms with Gasteiger partial charge in [-0.1, -0.05) is 60.7 Å². The second kappa shape index (κ2) is 9.54. The van der Waals surface area contributed by atoms with Gasteiger partial charge in [0.1, 0.15) is 12.1 Å². The van der Waals surface area contributed by atoms with E-state index in [2.05, 4.69) is 39.7 Å². The van der Waals surface area contributed by atoms with Crippen molar-refractivity contribution in [3.05, 3.63) is 114 Å². The molecule has 0 spiro atoms. The number of imidazole rings is 1. The van der Waals surface area contributed by atoms with E-state index in [1.54, 1.807) is 24.8 Å². The molecule has 0 aliphatic carbocycles. The highest BCUT2D eigenvalue weighted by Crippen LogP contribution is 2.21. The molecule has 7 nitrogen and oxygen atoms in total. The molecular formula is C27H24N6O. The predicted molar refractivity (Wildman–Crippen MR) is 133 cm³/mol. The van der Waals surface area contributed by atoms with Gasteiger partial charge in [0.05, 0.1) is 23.4 Å². The molecule has 0 bridgehead atoms. The molecule has 0 fully saturated rings. The fraction of sp³-hybridized carbons (Fsp3) is 0.111. The maximum atomic E-state index is 12.8. The number of carbonyl (C=O) groups is 1. The Labute approximate surface area is 197 Å². The zero-order valence-corrected chi connectivity index (χ0v) is 18.7. The smallest absolute Gasteiger partial charge is 0.251 e. The Kier molecular flexibility index (Phi) is 5.99. The molecule has 1 atom stereocenters. The van der Waals surface area contributed by atoms with Crippen LogP contribution in [0.3, 0.4) is 0 Å². The normalized spacial score (nSPS) is 11.8. The van der Waals surface area contributed by atoms with Crippen molar-refractivity contribution in [2.24, 2.45) is 0 Å². The zero-order valence-electron chi connectivity index (χ0n) is 18.7. The summed E-state index contributed by atoms with van der Waals surface area (Å²) in [5.74, 6) is 1.14. The van der Waals surface area contributed by atoms with Gasteiger partial charge in [0, 0.05) is 18.2 Å². The van der Waals surface area contributed by atoms with Crippen molar-refractivity contribution >= 4 is 22.8 Å². The van der Waals surface area contributed by atoms with Gasteiger partial charge in [-0.15, -0.1) is 0 Å². The van der Waals surface area contributed by atoms with E-state index in [9.17, 15) is 4.79 Å². The van der Waals surface area contributed by atoms with E-state index in [0.717, 1.165) is 22.2 Å². The first kappa shape index (κ1) is 21.3. The SMILES string of the molecule is CC(Nc1cncc(-n2cnc3ccc(C(=O)NCc4ccccc4)cc32)n1)c1ccccc1. The molecular weight excluding hydrogens is 424 g/mol. The van der Waals surface area contributed by atoms with Crippen molar-refractivity contribution in [1.82, 2.24) is 24.8 Å². The highest BCUT2D eigenvalue weighted by Gasteiger charge is 2.13. The number of benzene rings is 3. The second-order valence-electron chi connectivity index (χ2n) is 8.03. The second-order valence-corrected chi connectivity index (χ2v) is 8.03. The van der Waals surface area contributed by atoms with Crippen LogP contribution in [0.15, 0.2) is 97.6 Å². The van der Waals surface area contributed by atoms with E-state index in [-0.39, 0.29) is 11.9 Å². The van der Waals surface area contributed by atoms with Crippen LogP contribution in [0.1, 0.15) is 34.5 Å². The monoisotopic (exact) mass is 448 g/mol. The first-order chi connectivity index (χ1) is 16.7. The summed E-state index contributed by atoms with van der Waals surface area (Å²) in [6, 6.07) is 25.5. The molecule has 5 aromatic rings. The van der Waals surface area contributed by atoms with Gasteiger partial charge >= 0.3 is 0 Å². The fourth-order valence-corrected chi connectivity index (χ4v) is 3.80. The Hall–Kier alpha value is -4.52. The number of aromatic nitrogens is 4. The molecule has 7 heteroatoms. The molecule has 2 N–H and O–H groups in total. The summed E-state index contributed by atoms with van der Waals surface area (Å²) in [5, 5.41) is 6.37. The standard InChI is InChI=1S/C27H24N6O/c1-19(21-10-6-3-7-11-21)31-25-16-28-17-26(32-25)33-18-30-23-13-12-22(14-24(23)33)27(34)29-15-20-8-4-2-5-9-20/h2-14,16-19H,15H2,1H3,(H,29,34)(H,31,32). The van der Waals surface area contributed by atoms with Gasteiger partial charge in [-0.3, -0.25) is 14.3 Å². The first-order valence-corrected chi connectivity index (χ1v) is 11.1. The van der Waals surface area contributed by atoms with E-state index in [4.69, 9.17) is 4.98 Å². The quantitative estimate of drug-likeness (QED) is 0.369. The average Bonchev–Trinajstić information content (AvgIpc) is 3.32. The van der Waals surface area contributed by atoms with Gasteiger partial charge in [0.2, 0.25) is 0 Å². The molecule has 34 heavy (non-hydrogen) atoms. The molecule has 0 saturated carbocycles. The van der Waals surface area contributed by atoms with E-state index in [0.29, 0.717) is 23.7 Å². The molecule has 5 rings (SSSR count). The third-order valence-corrected chi connectivity index (χ3v) is 5.64. The molecule has 3 aromatic carbocycles. The number of fused-ring (bicyclic) bond motifs is 1. The van der Waals surface area contributed by atoms with E-state index in [1.807, 2.05) is 65.2 Å². The fourth-order valence-electron chi connectivity index (χ4n) is 3.80. The maximum absolute atomic E-state index is 12.8. The van der Waals surface area contributed by atoms with Crippen LogP contribution in [0.25, 0.3) is 16.9 Å². The topological polar surface area (TPSA) is 84.7 Å². The van der Waals surface area contributed by atoms with Crippen LogP contribution in [0, 0.1) is 0 Å². The van der Waals surface area contributed by atoms with Crippen LogP contribution in [0.4, 0.5) is 5.82 Å². The highest BCUT2D eigenvalue weighted by atomic mass is 16.1. The number of hydrogen-bond donors (Lipinski definition) is 2. The minimum Gasteiger partial charge on any atom is -0.362 e. The third kappa shape index (κ3) is 4.63. The van der Waals surface area contributed by atoms with Crippen LogP contribution in [-0.2, 0) is 6.54 Å². The summed E-state index contributed by atoms with van der Waals surface area (Å²) < 4.78 is 1.84. The van der Waals surface area contributed by atoms with Crippen molar-refractivity contribution < 1.29 is 4.79 Å². The van der Waals surface area contributed by atoms with E-state index < -0.39 is 0 Å².